The summed E-state index contributed by atoms with van der Waals surface area (Å²) in [5, 5.41) is 0. The van der Waals surface area contributed by atoms with E-state index in [4.69, 9.17) is 14.2 Å². The van der Waals surface area contributed by atoms with Crippen LogP contribution in [0.2, 0.25) is 0 Å². The molecule has 1 saturated heterocycles. The van der Waals surface area contributed by atoms with E-state index < -0.39 is 16.1 Å². The summed E-state index contributed by atoms with van der Waals surface area (Å²) >= 11 is 0. The van der Waals surface area contributed by atoms with Crippen LogP contribution in [-0.2, 0) is 26.1 Å². The Hall–Kier alpha value is -2.13. The molecular weight excluding hydrogens is 488 g/mol. The van der Waals surface area contributed by atoms with Crippen LogP contribution in [-0.4, -0.2) is 64.3 Å². The Morgan fingerprint density at radius 1 is 1.11 bits per heavy atom. The van der Waals surface area contributed by atoms with Crippen LogP contribution >= 0.6 is 0 Å². The fraction of sp³-hybridized carbons (Fsp3) is 0.586. The van der Waals surface area contributed by atoms with E-state index in [-0.39, 0.29) is 23.5 Å². The first kappa shape index (κ1) is 27.9. The molecule has 2 aliphatic rings. The van der Waals surface area contributed by atoms with Crippen molar-refractivity contribution >= 4 is 15.7 Å². The standard InChI is InChI=1S/C29H42N2O5S/c1-4-5-7-11-23(2)31-19-27(22-35-20-24-12-8-6-9-13-24)36-28-18-25(15-16-29(28)37(31,32)33)30-17-10-14-26(30)21-34-3/h6,8-9,12-13,15-16,18,23,26-27H,4-5,7,10-11,14,17,19-22H2,1-3H3/t23-,26+,27+/m0/s1. The summed E-state index contributed by atoms with van der Waals surface area (Å²) in [6, 6.07) is 15.7. The molecule has 2 aromatic rings. The van der Waals surface area contributed by atoms with Crippen molar-refractivity contribution in [2.45, 2.75) is 82.1 Å². The maximum absolute atomic E-state index is 13.9. The fourth-order valence-electron chi connectivity index (χ4n) is 5.38. The minimum atomic E-state index is -3.72. The largest absolute Gasteiger partial charge is 0.485 e. The van der Waals surface area contributed by atoms with E-state index in [2.05, 4.69) is 11.8 Å². The van der Waals surface area contributed by atoms with Crippen molar-refractivity contribution in [3.63, 3.8) is 0 Å². The van der Waals surface area contributed by atoms with E-state index in [0.29, 0.717) is 25.6 Å². The number of hydrogen-bond acceptors (Lipinski definition) is 6. The van der Waals surface area contributed by atoms with Crippen molar-refractivity contribution in [1.29, 1.82) is 0 Å². The zero-order valence-electron chi connectivity index (χ0n) is 22.5. The molecule has 2 aromatic carbocycles. The van der Waals surface area contributed by atoms with E-state index in [9.17, 15) is 8.42 Å². The van der Waals surface area contributed by atoms with E-state index in [1.165, 1.54) is 0 Å². The molecule has 0 saturated carbocycles. The molecule has 0 unspecified atom stereocenters. The van der Waals surface area contributed by atoms with Crippen LogP contribution in [0, 0.1) is 0 Å². The third-order valence-electron chi connectivity index (χ3n) is 7.39. The van der Waals surface area contributed by atoms with Gasteiger partial charge >= 0.3 is 0 Å². The summed E-state index contributed by atoms with van der Waals surface area (Å²) in [4.78, 5) is 2.54. The zero-order chi connectivity index (χ0) is 26.3. The molecule has 3 atom stereocenters. The van der Waals surface area contributed by atoms with Gasteiger partial charge in [-0.05, 0) is 43.9 Å². The van der Waals surface area contributed by atoms with Gasteiger partial charge in [0.1, 0.15) is 16.7 Å². The zero-order valence-corrected chi connectivity index (χ0v) is 23.3. The van der Waals surface area contributed by atoms with Crippen LogP contribution in [0.1, 0.15) is 57.9 Å². The number of hydrogen-bond donors (Lipinski definition) is 0. The van der Waals surface area contributed by atoms with Gasteiger partial charge in [0.25, 0.3) is 0 Å². The van der Waals surface area contributed by atoms with E-state index >= 15 is 0 Å². The number of benzene rings is 2. The number of sulfonamides is 1. The second-order valence-electron chi connectivity index (χ2n) is 10.2. The van der Waals surface area contributed by atoms with Crippen LogP contribution in [0.25, 0.3) is 0 Å². The number of ether oxygens (including phenoxy) is 3. The Balaban J connectivity index is 1.60. The second-order valence-corrected chi connectivity index (χ2v) is 12.1. The lowest BCUT2D eigenvalue weighted by Crippen LogP contribution is -2.44. The summed E-state index contributed by atoms with van der Waals surface area (Å²) in [5.74, 6) is 0.414. The van der Waals surface area contributed by atoms with E-state index in [1.54, 1.807) is 17.5 Å². The van der Waals surface area contributed by atoms with Crippen molar-refractivity contribution in [1.82, 2.24) is 4.31 Å². The topological polar surface area (TPSA) is 68.3 Å². The third-order valence-corrected chi connectivity index (χ3v) is 9.41. The summed E-state index contributed by atoms with van der Waals surface area (Å²) < 4.78 is 47.3. The number of nitrogens with zero attached hydrogens (tertiary/aromatic N) is 2. The van der Waals surface area contributed by atoms with Crippen molar-refractivity contribution in [2.24, 2.45) is 0 Å². The molecule has 4 rings (SSSR count). The van der Waals surface area contributed by atoms with Crippen LogP contribution in [0.15, 0.2) is 53.4 Å². The molecule has 7 nitrogen and oxygen atoms in total. The molecule has 204 valence electrons. The highest BCUT2D eigenvalue weighted by Crippen LogP contribution is 2.37. The highest BCUT2D eigenvalue weighted by Gasteiger charge is 2.38. The smallest absolute Gasteiger partial charge is 0.247 e. The molecule has 1 fully saturated rings. The molecule has 0 aliphatic carbocycles. The Kier molecular flexibility index (Phi) is 9.87. The Morgan fingerprint density at radius 2 is 1.92 bits per heavy atom. The fourth-order valence-corrected chi connectivity index (χ4v) is 7.18. The molecule has 2 aliphatic heterocycles. The first-order chi connectivity index (χ1) is 17.9. The van der Waals surface area contributed by atoms with Crippen LogP contribution in [0.5, 0.6) is 5.75 Å². The van der Waals surface area contributed by atoms with Gasteiger partial charge in [-0.25, -0.2) is 8.42 Å². The molecule has 0 aromatic heterocycles. The molecule has 0 amide bonds. The molecule has 0 radical (unpaired) electrons. The lowest BCUT2D eigenvalue weighted by molar-refractivity contribution is 0.0310. The van der Waals surface area contributed by atoms with Crippen LogP contribution < -0.4 is 9.64 Å². The SMILES string of the molecule is CCCCC[C@H](C)N1C[C@H](COCc2ccccc2)Oc2cc(N3CCC[C@@H]3COC)ccc2S1(=O)=O. The number of fused-ring (bicyclic) bond motifs is 1. The van der Waals surface area contributed by atoms with E-state index in [1.807, 2.05) is 49.4 Å². The minimum Gasteiger partial charge on any atom is -0.485 e. The van der Waals surface area contributed by atoms with Gasteiger partial charge in [-0.3, -0.25) is 0 Å². The number of anilines is 1. The maximum Gasteiger partial charge on any atom is 0.247 e. The summed E-state index contributed by atoms with van der Waals surface area (Å²) in [7, 11) is -2.00. The molecule has 0 N–H and O–H groups in total. The molecule has 0 spiro atoms. The molecule has 8 heteroatoms. The van der Waals surface area contributed by atoms with Crippen molar-refractivity contribution in [2.75, 3.05) is 38.3 Å². The molecule has 37 heavy (non-hydrogen) atoms. The van der Waals surface area contributed by atoms with Crippen molar-refractivity contribution in [3.05, 3.63) is 54.1 Å². The predicted octanol–water partition coefficient (Wildman–Crippen LogP) is 5.24. The number of rotatable bonds is 12. The first-order valence-electron chi connectivity index (χ1n) is 13.6. The average molecular weight is 531 g/mol. The Labute approximate surface area is 222 Å². The van der Waals surface area contributed by atoms with Gasteiger partial charge in [0, 0.05) is 31.5 Å². The minimum absolute atomic E-state index is 0.118. The average Bonchev–Trinajstić information content (AvgIpc) is 3.32. The number of methoxy groups -OCH3 is 1. The van der Waals surface area contributed by atoms with Gasteiger partial charge in [-0.1, -0.05) is 56.5 Å². The Morgan fingerprint density at radius 3 is 2.68 bits per heavy atom. The quantitative estimate of drug-likeness (QED) is 0.350. The summed E-state index contributed by atoms with van der Waals surface area (Å²) in [6.07, 6.45) is 5.76. The van der Waals surface area contributed by atoms with Crippen LogP contribution in [0.4, 0.5) is 5.69 Å². The third kappa shape index (κ3) is 6.85. The monoisotopic (exact) mass is 530 g/mol. The van der Waals surface area contributed by atoms with Crippen molar-refractivity contribution < 1.29 is 22.6 Å². The van der Waals surface area contributed by atoms with Crippen LogP contribution in [0.3, 0.4) is 0 Å². The lowest BCUT2D eigenvalue weighted by atomic mass is 10.1. The highest BCUT2D eigenvalue weighted by molar-refractivity contribution is 7.89. The van der Waals surface area contributed by atoms with Gasteiger partial charge < -0.3 is 19.1 Å². The van der Waals surface area contributed by atoms with Gasteiger partial charge in [0.15, 0.2) is 0 Å². The molecular formula is C29H42N2O5S. The van der Waals surface area contributed by atoms with Gasteiger partial charge in [-0.2, -0.15) is 4.31 Å². The Bertz CT molecular complexity index is 1090. The highest BCUT2D eigenvalue weighted by atomic mass is 32.2. The molecule has 0 bridgehead atoms. The van der Waals surface area contributed by atoms with Gasteiger partial charge in [-0.15, -0.1) is 0 Å². The lowest BCUT2D eigenvalue weighted by Gasteiger charge is -2.28. The van der Waals surface area contributed by atoms with Gasteiger partial charge in [0.05, 0.1) is 32.4 Å². The van der Waals surface area contributed by atoms with Gasteiger partial charge in [0.2, 0.25) is 10.0 Å². The van der Waals surface area contributed by atoms with Crippen molar-refractivity contribution in [3.8, 4) is 5.75 Å². The predicted molar refractivity (Wildman–Crippen MR) is 147 cm³/mol. The summed E-state index contributed by atoms with van der Waals surface area (Å²) in [6.45, 7) is 6.77. The second kappa shape index (κ2) is 13.1. The van der Waals surface area contributed by atoms with E-state index in [0.717, 1.165) is 56.3 Å². The summed E-state index contributed by atoms with van der Waals surface area (Å²) in [5.41, 5.74) is 2.05. The molecule has 2 heterocycles. The first-order valence-corrected chi connectivity index (χ1v) is 15.1. The normalized spacial score (nSPS) is 22.3. The number of unbranched alkanes of at least 4 members (excludes halogenated alkanes) is 2. The maximum atomic E-state index is 13.9.